The number of aromatic nitrogens is 8. The summed E-state index contributed by atoms with van der Waals surface area (Å²) in [4.78, 5) is 58.6. The van der Waals surface area contributed by atoms with Gasteiger partial charge >= 0.3 is 12.2 Å². The molecule has 2 aliphatic rings. The number of nitrogens with zero attached hydrogens (tertiary/aromatic N) is 8. The number of benzene rings is 2. The largest absolute Gasteiger partial charge is 0.441 e. The van der Waals surface area contributed by atoms with Gasteiger partial charge in [-0.2, -0.15) is 10.2 Å². The number of amides is 4. The highest BCUT2D eigenvalue weighted by Crippen LogP contribution is 2.41. The van der Waals surface area contributed by atoms with Gasteiger partial charge in [-0.25, -0.2) is 28.3 Å². The van der Waals surface area contributed by atoms with E-state index in [0.717, 1.165) is 27.9 Å². The standard InChI is InChI=1S/C21H22ClFN6O3.C20H19BrClFN6O3/c1-11-18-13(5-7-16(18)26-21(31)32-9-17-24-10-28(2)27-17)19(29(11)3)20(30)25-12-4-6-15(23)14(22)8-12;1-28-9-24-15(27-28)8-32-20(31)26-14-6-4-11-16(14)18(21)29(2)17(11)19(30)25-10-3-5-13(23)12(22)7-10/h4,6,8,10,16H,5,7,9H2,1-3H3,(H,25,30)(H,26,31);3,5,7,9,14H,4,6,8H2,1-2H3,(H,25,30)(H,26,31). The molecule has 336 valence electrons. The SMILES string of the molecule is Cc1c2c(c(C(=O)Nc3ccc(F)c(Cl)c3)n1C)CCC2NC(=O)OCc1ncn(C)n1.Cn1cnc(COC(=O)NC2CCc3c2c(Br)n(C)c3C(=O)Nc2ccc(F)c(Cl)c2)n1. The summed E-state index contributed by atoms with van der Waals surface area (Å²) in [6.45, 7) is 1.82. The van der Waals surface area contributed by atoms with Crippen molar-refractivity contribution in [2.24, 2.45) is 28.2 Å². The number of nitrogens with one attached hydrogen (secondary N) is 4. The van der Waals surface area contributed by atoms with Gasteiger partial charge in [0.15, 0.2) is 24.9 Å². The van der Waals surface area contributed by atoms with Gasteiger partial charge in [0.1, 0.15) is 35.7 Å². The molecule has 64 heavy (non-hydrogen) atoms. The average Bonchev–Trinajstić information content (AvgIpc) is 4.11. The van der Waals surface area contributed by atoms with E-state index in [0.29, 0.717) is 64.7 Å². The molecule has 4 amide bonds. The van der Waals surface area contributed by atoms with E-state index in [2.05, 4.69) is 57.4 Å². The first-order valence-corrected chi connectivity index (χ1v) is 21.2. The van der Waals surface area contributed by atoms with Gasteiger partial charge < -0.3 is 39.9 Å². The molecule has 0 radical (unpaired) electrons. The molecule has 0 spiro atoms. The Labute approximate surface area is 382 Å². The molecule has 2 aromatic carbocycles. The summed E-state index contributed by atoms with van der Waals surface area (Å²) in [6, 6.07) is 7.39. The summed E-state index contributed by atoms with van der Waals surface area (Å²) < 4.78 is 44.5. The summed E-state index contributed by atoms with van der Waals surface area (Å²) in [7, 11) is 6.99. The molecule has 0 saturated carbocycles. The van der Waals surface area contributed by atoms with Crippen molar-refractivity contribution in [3.63, 3.8) is 0 Å². The summed E-state index contributed by atoms with van der Waals surface area (Å²) in [5.74, 6) is -1.00. The monoisotopic (exact) mass is 984 g/mol. The molecule has 0 bridgehead atoms. The molecule has 2 aliphatic carbocycles. The van der Waals surface area contributed by atoms with Crippen LogP contribution in [0.4, 0.5) is 29.7 Å². The second-order valence-electron chi connectivity index (χ2n) is 14.9. The number of halogens is 5. The van der Waals surface area contributed by atoms with Crippen LogP contribution in [0.25, 0.3) is 0 Å². The predicted molar refractivity (Wildman–Crippen MR) is 233 cm³/mol. The minimum absolute atomic E-state index is 0.0338. The zero-order valence-corrected chi connectivity index (χ0v) is 38.0. The first kappa shape index (κ1) is 45.7. The number of aryl methyl sites for hydroxylation is 2. The lowest BCUT2D eigenvalue weighted by atomic mass is 10.1. The van der Waals surface area contributed by atoms with Crippen LogP contribution < -0.4 is 21.3 Å². The maximum atomic E-state index is 13.4. The fourth-order valence-corrected chi connectivity index (χ4v) is 8.80. The van der Waals surface area contributed by atoms with E-state index < -0.39 is 23.8 Å². The number of carbonyl (C=O) groups is 4. The van der Waals surface area contributed by atoms with E-state index in [1.165, 1.54) is 58.4 Å². The summed E-state index contributed by atoms with van der Waals surface area (Å²) in [6.07, 6.45) is 4.34. The van der Waals surface area contributed by atoms with Gasteiger partial charge in [0.25, 0.3) is 11.8 Å². The van der Waals surface area contributed by atoms with Crippen molar-refractivity contribution in [1.29, 1.82) is 0 Å². The molecule has 0 aliphatic heterocycles. The van der Waals surface area contributed by atoms with E-state index in [-0.39, 0.29) is 47.2 Å². The highest BCUT2D eigenvalue weighted by molar-refractivity contribution is 9.10. The van der Waals surface area contributed by atoms with Crippen molar-refractivity contribution < 1.29 is 37.4 Å². The number of carbonyl (C=O) groups excluding carboxylic acids is 4. The van der Waals surface area contributed by atoms with Crippen LogP contribution >= 0.6 is 39.1 Å². The van der Waals surface area contributed by atoms with Crippen LogP contribution in [0, 0.1) is 18.6 Å². The van der Waals surface area contributed by atoms with E-state index in [1.54, 1.807) is 37.3 Å². The first-order chi connectivity index (χ1) is 30.5. The minimum atomic E-state index is -0.599. The molecule has 23 heteroatoms. The maximum Gasteiger partial charge on any atom is 0.408 e. The molecule has 8 rings (SSSR count). The van der Waals surface area contributed by atoms with Crippen molar-refractivity contribution in [1.82, 2.24) is 49.3 Å². The average molecular weight is 987 g/mol. The molecule has 6 aromatic rings. The van der Waals surface area contributed by atoms with Crippen LogP contribution in [0.2, 0.25) is 10.0 Å². The Balaban J connectivity index is 0.000000191. The van der Waals surface area contributed by atoms with E-state index in [1.807, 2.05) is 6.92 Å². The topological polar surface area (TPSA) is 206 Å². The third-order valence-electron chi connectivity index (χ3n) is 10.7. The quantitative estimate of drug-likeness (QED) is 0.108. The smallest absolute Gasteiger partial charge is 0.408 e. The third kappa shape index (κ3) is 9.90. The zero-order chi connectivity index (χ0) is 46.0. The van der Waals surface area contributed by atoms with Gasteiger partial charge in [-0.3, -0.25) is 19.0 Å². The molecule has 2 unspecified atom stereocenters. The van der Waals surface area contributed by atoms with Gasteiger partial charge in [0, 0.05) is 50.8 Å². The van der Waals surface area contributed by atoms with Crippen LogP contribution in [0.5, 0.6) is 0 Å². The van der Waals surface area contributed by atoms with Crippen molar-refractivity contribution in [3.8, 4) is 0 Å². The third-order valence-corrected chi connectivity index (χ3v) is 12.2. The molecular formula is C41H41BrCl2F2N12O6. The number of alkyl carbamates (subject to hydrolysis) is 2. The number of fused-ring (bicyclic) bond motifs is 2. The van der Waals surface area contributed by atoms with Gasteiger partial charge in [-0.15, -0.1) is 0 Å². The van der Waals surface area contributed by atoms with E-state index >= 15 is 0 Å². The highest BCUT2D eigenvalue weighted by atomic mass is 79.9. The lowest BCUT2D eigenvalue weighted by molar-refractivity contribution is 0.101. The van der Waals surface area contributed by atoms with Crippen molar-refractivity contribution in [2.45, 2.75) is 57.9 Å². The minimum Gasteiger partial charge on any atom is -0.441 e. The second-order valence-corrected chi connectivity index (χ2v) is 16.5. The zero-order valence-electron chi connectivity index (χ0n) is 34.9. The Bertz CT molecular complexity index is 2600. The number of hydrogen-bond donors (Lipinski definition) is 4. The van der Waals surface area contributed by atoms with Crippen molar-refractivity contribution in [3.05, 3.63) is 126 Å². The molecule has 4 aromatic heterocycles. The van der Waals surface area contributed by atoms with Gasteiger partial charge in [0.05, 0.1) is 26.7 Å². The predicted octanol–water partition coefficient (Wildman–Crippen LogP) is 7.30. The van der Waals surface area contributed by atoms with Crippen molar-refractivity contribution in [2.75, 3.05) is 10.6 Å². The van der Waals surface area contributed by atoms with E-state index in [4.69, 9.17) is 32.7 Å². The molecular weight excluding hydrogens is 945 g/mol. The van der Waals surface area contributed by atoms with E-state index in [9.17, 15) is 28.0 Å². The van der Waals surface area contributed by atoms with Crippen LogP contribution in [-0.2, 0) is 63.7 Å². The Kier molecular flexibility index (Phi) is 13.7. The molecule has 4 N–H and O–H groups in total. The van der Waals surface area contributed by atoms with Gasteiger partial charge in [0.2, 0.25) is 0 Å². The second kappa shape index (κ2) is 19.2. The Morgan fingerprint density at radius 3 is 1.59 bits per heavy atom. The maximum absolute atomic E-state index is 13.4. The summed E-state index contributed by atoms with van der Waals surface area (Å²) in [5, 5.41) is 19.2. The highest BCUT2D eigenvalue weighted by Gasteiger charge is 2.36. The van der Waals surface area contributed by atoms with Crippen LogP contribution in [0.15, 0.2) is 53.7 Å². The van der Waals surface area contributed by atoms with Crippen LogP contribution in [0.3, 0.4) is 0 Å². The van der Waals surface area contributed by atoms with Gasteiger partial charge in [-0.05, 0) is 102 Å². The fourth-order valence-electron chi connectivity index (χ4n) is 7.74. The molecule has 0 saturated heterocycles. The number of hydrogen-bond acceptors (Lipinski definition) is 10. The van der Waals surface area contributed by atoms with Crippen molar-refractivity contribution >= 4 is 74.5 Å². The lowest BCUT2D eigenvalue weighted by Crippen LogP contribution is -2.28. The van der Waals surface area contributed by atoms with Gasteiger partial charge in [-0.1, -0.05) is 23.2 Å². The van der Waals surface area contributed by atoms with Crippen LogP contribution in [-0.4, -0.2) is 62.7 Å². The summed E-state index contributed by atoms with van der Waals surface area (Å²) >= 11 is 15.2. The number of ether oxygens (including phenoxy) is 2. The Morgan fingerprint density at radius 2 is 1.16 bits per heavy atom. The molecule has 18 nitrogen and oxygen atoms in total. The number of rotatable bonds is 10. The fraction of sp³-hybridized carbons (Fsp3) is 0.317. The summed E-state index contributed by atoms with van der Waals surface area (Å²) in [5.41, 5.74) is 6.01. The van der Waals surface area contributed by atoms with Crippen LogP contribution in [0.1, 0.15) is 85.5 Å². The first-order valence-electron chi connectivity index (χ1n) is 19.6. The Morgan fingerprint density at radius 1 is 0.719 bits per heavy atom. The molecule has 0 fully saturated rings. The Hall–Kier alpha value is -6.32. The lowest BCUT2D eigenvalue weighted by Gasteiger charge is -2.15. The normalized spacial score (nSPS) is 14.8. The molecule has 2 atom stereocenters. The molecule has 4 heterocycles. The number of anilines is 2.